The third-order valence-corrected chi connectivity index (χ3v) is 1.88. The molecule has 0 aromatic rings. The van der Waals surface area contributed by atoms with Crippen molar-refractivity contribution in [2.24, 2.45) is 5.41 Å². The number of nitrogens with zero attached hydrogens (tertiary/aromatic N) is 1. The lowest BCUT2D eigenvalue weighted by molar-refractivity contribution is 0.353. The van der Waals surface area contributed by atoms with Gasteiger partial charge in [0.2, 0.25) is 0 Å². The Balaban J connectivity index is 3.21. The minimum atomic E-state index is 0.507. The van der Waals surface area contributed by atoms with E-state index >= 15 is 0 Å². The lowest BCUT2D eigenvalue weighted by atomic mass is 9.91. The highest BCUT2D eigenvalue weighted by Crippen LogP contribution is 2.20. The Morgan fingerprint density at radius 2 is 1.80 bits per heavy atom. The number of halogens is 1. The Labute approximate surface area is 78.7 Å². The lowest BCUT2D eigenvalue weighted by Crippen LogP contribution is -2.11. The molecule has 0 aliphatic heterocycles. The summed E-state index contributed by atoms with van der Waals surface area (Å²) in [6.07, 6.45) is 2.63. The van der Waals surface area contributed by atoms with E-state index in [9.17, 15) is 0 Å². The van der Waals surface area contributed by atoms with Gasteiger partial charge in [0, 0.05) is 29.4 Å². The summed E-state index contributed by atoms with van der Waals surface area (Å²) in [5, 5.41) is 0. The first-order valence-corrected chi connectivity index (χ1v) is 4.75. The molecule has 0 saturated heterocycles. The zero-order valence-corrected chi connectivity index (χ0v) is 9.60. The van der Waals surface area contributed by atoms with Crippen LogP contribution < -0.4 is 0 Å². The van der Waals surface area contributed by atoms with Gasteiger partial charge in [0.15, 0.2) is 0 Å². The van der Waals surface area contributed by atoms with Crippen LogP contribution in [0.5, 0.6) is 0 Å². The third kappa shape index (κ3) is 8.69. The first-order valence-electron chi connectivity index (χ1n) is 3.79. The van der Waals surface area contributed by atoms with Crippen molar-refractivity contribution in [3.8, 4) is 0 Å². The summed E-state index contributed by atoms with van der Waals surface area (Å²) >= 11 is 2.33. The summed E-state index contributed by atoms with van der Waals surface area (Å²) in [5.74, 6) is 0. The fourth-order valence-electron chi connectivity index (χ4n) is 0.827. The molecule has 2 heteroatoms. The normalized spacial score (nSPS) is 12.6. The summed E-state index contributed by atoms with van der Waals surface area (Å²) < 4.78 is 2.21. The summed E-state index contributed by atoms with van der Waals surface area (Å²) in [7, 11) is 2.11. The van der Waals surface area contributed by atoms with Crippen molar-refractivity contribution in [3.05, 3.63) is 0 Å². The lowest BCUT2D eigenvalue weighted by Gasteiger charge is -2.18. The topological polar surface area (TPSA) is 3.24 Å². The minimum absolute atomic E-state index is 0.507. The highest BCUT2D eigenvalue weighted by atomic mass is 127. The van der Waals surface area contributed by atoms with Crippen LogP contribution in [0.4, 0.5) is 0 Å². The Bertz CT molecular complexity index is 83.7. The molecule has 10 heavy (non-hydrogen) atoms. The predicted molar refractivity (Wildman–Crippen MR) is 55.3 cm³/mol. The van der Waals surface area contributed by atoms with Gasteiger partial charge in [-0.25, -0.2) is 0 Å². The Morgan fingerprint density at radius 3 is 2.10 bits per heavy atom. The Kier molecular flexibility index (Phi) is 4.86. The van der Waals surface area contributed by atoms with Crippen molar-refractivity contribution >= 4 is 22.9 Å². The molecule has 0 aromatic carbocycles. The minimum Gasteiger partial charge on any atom is -0.251 e. The van der Waals surface area contributed by atoms with Crippen molar-refractivity contribution in [1.82, 2.24) is 3.11 Å². The third-order valence-electron chi connectivity index (χ3n) is 1.39. The van der Waals surface area contributed by atoms with Gasteiger partial charge >= 0.3 is 0 Å². The van der Waals surface area contributed by atoms with Crippen LogP contribution in [0.15, 0.2) is 0 Å². The van der Waals surface area contributed by atoms with Gasteiger partial charge in [-0.2, -0.15) is 0 Å². The van der Waals surface area contributed by atoms with Gasteiger partial charge in [-0.3, -0.25) is 3.11 Å². The molecule has 0 N–H and O–H groups in total. The molecule has 1 nitrogen and oxygen atoms in total. The van der Waals surface area contributed by atoms with E-state index in [-0.39, 0.29) is 0 Å². The van der Waals surface area contributed by atoms with E-state index in [0.29, 0.717) is 5.41 Å². The maximum Gasteiger partial charge on any atom is 0.0198 e. The molecule has 0 atom stereocenters. The van der Waals surface area contributed by atoms with Gasteiger partial charge in [-0.05, 0) is 25.3 Å². The summed E-state index contributed by atoms with van der Waals surface area (Å²) in [6.45, 7) is 8.08. The zero-order valence-electron chi connectivity index (χ0n) is 7.45. The van der Waals surface area contributed by atoms with E-state index in [1.165, 1.54) is 19.4 Å². The first-order chi connectivity index (χ1) is 4.42. The molecule has 0 amide bonds. The SMILES string of the molecule is CN(I)CCCC(C)(C)C. The second-order valence-electron chi connectivity index (χ2n) is 3.99. The van der Waals surface area contributed by atoms with Crippen LogP contribution in [0.3, 0.4) is 0 Å². The Morgan fingerprint density at radius 1 is 1.30 bits per heavy atom. The number of rotatable bonds is 3. The van der Waals surface area contributed by atoms with Crippen molar-refractivity contribution in [1.29, 1.82) is 0 Å². The molecule has 0 unspecified atom stereocenters. The molecular weight excluding hydrogens is 237 g/mol. The second-order valence-corrected chi connectivity index (χ2v) is 5.64. The van der Waals surface area contributed by atoms with Crippen LogP contribution in [0.2, 0.25) is 0 Å². The first kappa shape index (κ1) is 10.7. The van der Waals surface area contributed by atoms with Crippen molar-refractivity contribution in [2.45, 2.75) is 33.6 Å². The van der Waals surface area contributed by atoms with E-state index < -0.39 is 0 Å². The molecule has 0 bridgehead atoms. The zero-order chi connectivity index (χ0) is 8.20. The van der Waals surface area contributed by atoms with Gasteiger partial charge in [0.1, 0.15) is 0 Å². The van der Waals surface area contributed by atoms with E-state index in [1.54, 1.807) is 0 Å². The van der Waals surface area contributed by atoms with E-state index in [0.717, 1.165) is 0 Å². The fourth-order valence-corrected chi connectivity index (χ4v) is 1.17. The largest absolute Gasteiger partial charge is 0.251 e. The predicted octanol–water partition coefficient (Wildman–Crippen LogP) is 3.09. The van der Waals surface area contributed by atoms with Gasteiger partial charge in [0.05, 0.1) is 0 Å². The van der Waals surface area contributed by atoms with Crippen molar-refractivity contribution in [3.63, 3.8) is 0 Å². The van der Waals surface area contributed by atoms with Crippen LogP contribution in [0, 0.1) is 5.41 Å². The quantitative estimate of drug-likeness (QED) is 0.553. The maximum atomic E-state index is 2.33. The van der Waals surface area contributed by atoms with Gasteiger partial charge in [-0.15, -0.1) is 0 Å². The molecule has 0 radical (unpaired) electrons. The van der Waals surface area contributed by atoms with Gasteiger partial charge < -0.3 is 0 Å². The molecule has 0 aliphatic carbocycles. The molecule has 0 rings (SSSR count). The molecule has 0 heterocycles. The molecule has 0 aromatic heterocycles. The standard InChI is InChI=1S/C8H18IN/c1-8(2,3)6-5-7-10(4)9/h5-7H2,1-4H3. The molecule has 0 aliphatic rings. The molecule has 0 saturated carbocycles. The highest BCUT2D eigenvalue weighted by molar-refractivity contribution is 14.1. The van der Waals surface area contributed by atoms with Crippen molar-refractivity contribution < 1.29 is 0 Å². The molecular formula is C8H18IN. The van der Waals surface area contributed by atoms with E-state index in [1.807, 2.05) is 0 Å². The average Bonchev–Trinajstić information content (AvgIpc) is 1.59. The van der Waals surface area contributed by atoms with Gasteiger partial charge in [-0.1, -0.05) is 20.8 Å². The Hall–Kier alpha value is 0.690. The smallest absolute Gasteiger partial charge is 0.0198 e. The van der Waals surface area contributed by atoms with E-state index in [4.69, 9.17) is 0 Å². The van der Waals surface area contributed by atoms with Crippen LogP contribution in [-0.4, -0.2) is 16.7 Å². The van der Waals surface area contributed by atoms with Crippen molar-refractivity contribution in [2.75, 3.05) is 13.6 Å². The molecule has 62 valence electrons. The summed E-state index contributed by atoms with van der Waals surface area (Å²) in [4.78, 5) is 0. The fraction of sp³-hybridized carbons (Fsp3) is 1.00. The van der Waals surface area contributed by atoms with E-state index in [2.05, 4.69) is 53.8 Å². The summed E-state index contributed by atoms with van der Waals surface area (Å²) in [6, 6.07) is 0. The van der Waals surface area contributed by atoms with Crippen LogP contribution in [0.1, 0.15) is 33.6 Å². The maximum absolute atomic E-state index is 2.33. The average molecular weight is 255 g/mol. The van der Waals surface area contributed by atoms with Crippen LogP contribution >= 0.6 is 22.9 Å². The second kappa shape index (κ2) is 4.54. The monoisotopic (exact) mass is 255 g/mol. The number of hydrogen-bond donors (Lipinski definition) is 0. The van der Waals surface area contributed by atoms with Gasteiger partial charge in [0.25, 0.3) is 0 Å². The molecule has 0 fully saturated rings. The highest BCUT2D eigenvalue weighted by Gasteiger charge is 2.08. The number of hydrogen-bond acceptors (Lipinski definition) is 1. The summed E-state index contributed by atoms with van der Waals surface area (Å²) in [5.41, 5.74) is 0.507. The molecule has 0 spiro atoms. The van der Waals surface area contributed by atoms with Crippen LogP contribution in [-0.2, 0) is 0 Å². The van der Waals surface area contributed by atoms with Crippen LogP contribution in [0.25, 0.3) is 0 Å².